The largest absolute Gasteiger partial charge is 0.497 e. The van der Waals surface area contributed by atoms with Crippen molar-refractivity contribution >= 4 is 40.1 Å². The number of nitrogens with zero attached hydrogens (tertiary/aromatic N) is 2. The minimum Gasteiger partial charge on any atom is -0.497 e. The van der Waals surface area contributed by atoms with Crippen molar-refractivity contribution < 1.29 is 14.3 Å². The van der Waals surface area contributed by atoms with E-state index in [2.05, 4.69) is 17.4 Å². The number of hydrogen-bond donors (Lipinski definition) is 1. The Kier molecular flexibility index (Phi) is 8.21. The fourth-order valence-corrected chi connectivity index (χ4v) is 4.98. The summed E-state index contributed by atoms with van der Waals surface area (Å²) < 4.78 is 5.23. The van der Waals surface area contributed by atoms with Crippen LogP contribution < -0.4 is 10.1 Å². The number of aliphatic imine (C=N–C) groups is 1. The highest BCUT2D eigenvalue weighted by molar-refractivity contribution is 8.15. The molecule has 35 heavy (non-hydrogen) atoms. The summed E-state index contributed by atoms with van der Waals surface area (Å²) in [6.45, 7) is 2.52. The van der Waals surface area contributed by atoms with Crippen molar-refractivity contribution in [1.29, 1.82) is 0 Å². The van der Waals surface area contributed by atoms with Crippen molar-refractivity contribution in [1.82, 2.24) is 4.90 Å². The number of thioether (sulfide) groups is 1. The third-order valence-corrected chi connectivity index (χ3v) is 6.89. The van der Waals surface area contributed by atoms with Gasteiger partial charge in [0.05, 0.1) is 12.8 Å². The van der Waals surface area contributed by atoms with Gasteiger partial charge in [-0.3, -0.25) is 14.5 Å². The van der Waals surface area contributed by atoms with Crippen molar-refractivity contribution in [2.45, 2.75) is 31.4 Å². The number of carbonyl (C=O) groups excluding carboxylic acids is 2. The van der Waals surface area contributed by atoms with Gasteiger partial charge in [0.1, 0.15) is 11.0 Å². The van der Waals surface area contributed by atoms with E-state index in [1.807, 2.05) is 73.7 Å². The van der Waals surface area contributed by atoms with Gasteiger partial charge in [0.25, 0.3) is 0 Å². The first kappa shape index (κ1) is 24.5. The zero-order valence-corrected chi connectivity index (χ0v) is 20.8. The lowest BCUT2D eigenvalue weighted by Crippen LogP contribution is -2.45. The lowest BCUT2D eigenvalue weighted by molar-refractivity contribution is -0.129. The summed E-state index contributed by atoms with van der Waals surface area (Å²) in [6.07, 6.45) is 1.80. The molecule has 1 heterocycles. The molecule has 1 fully saturated rings. The Hall–Kier alpha value is -3.58. The standard InChI is InChI=1S/C28H29N3O3S/c1-20-8-6-12-23(18-20)29-27(33)25-19-26(32)31(17-7-11-21-9-4-3-5-10-21)28(35-25)30-22-13-15-24(34-2)16-14-22/h3-6,8-10,12-16,18,25H,7,11,17,19H2,1-2H3,(H,29,33). The maximum absolute atomic E-state index is 13.2. The Morgan fingerprint density at radius 3 is 2.57 bits per heavy atom. The molecular weight excluding hydrogens is 458 g/mol. The fourth-order valence-electron chi connectivity index (χ4n) is 3.86. The minimum absolute atomic E-state index is 0.0894. The van der Waals surface area contributed by atoms with Gasteiger partial charge in [-0.15, -0.1) is 0 Å². The highest BCUT2D eigenvalue weighted by Gasteiger charge is 2.35. The van der Waals surface area contributed by atoms with Gasteiger partial charge in [-0.1, -0.05) is 54.2 Å². The van der Waals surface area contributed by atoms with Gasteiger partial charge in [0.15, 0.2) is 5.17 Å². The molecule has 2 amide bonds. The molecule has 1 N–H and O–H groups in total. The number of hydrogen-bond acceptors (Lipinski definition) is 5. The highest BCUT2D eigenvalue weighted by Crippen LogP contribution is 2.31. The number of methoxy groups -OCH3 is 1. The van der Waals surface area contributed by atoms with Crippen molar-refractivity contribution in [3.63, 3.8) is 0 Å². The summed E-state index contributed by atoms with van der Waals surface area (Å²) in [5, 5.41) is 2.94. The van der Waals surface area contributed by atoms with E-state index in [1.54, 1.807) is 12.0 Å². The van der Waals surface area contributed by atoms with Crippen molar-refractivity contribution in [3.8, 4) is 5.75 Å². The Balaban J connectivity index is 1.51. The number of carbonyl (C=O) groups is 2. The van der Waals surface area contributed by atoms with Crippen LogP contribution in [-0.4, -0.2) is 40.8 Å². The van der Waals surface area contributed by atoms with Crippen molar-refractivity contribution in [2.24, 2.45) is 4.99 Å². The topological polar surface area (TPSA) is 71.0 Å². The quantitative estimate of drug-likeness (QED) is 0.449. The first-order valence-electron chi connectivity index (χ1n) is 11.6. The smallest absolute Gasteiger partial charge is 0.238 e. The summed E-state index contributed by atoms with van der Waals surface area (Å²) in [6, 6.07) is 25.2. The summed E-state index contributed by atoms with van der Waals surface area (Å²) >= 11 is 1.34. The van der Waals surface area contributed by atoms with Crippen LogP contribution in [0.4, 0.5) is 11.4 Å². The molecule has 3 aromatic carbocycles. The molecule has 4 rings (SSSR count). The third kappa shape index (κ3) is 6.73. The lowest BCUT2D eigenvalue weighted by Gasteiger charge is -2.32. The van der Waals surface area contributed by atoms with E-state index < -0.39 is 5.25 Å². The molecule has 6 nitrogen and oxygen atoms in total. The third-order valence-electron chi connectivity index (χ3n) is 5.70. The number of ether oxygens (including phenoxy) is 1. The molecule has 0 saturated carbocycles. The van der Waals surface area contributed by atoms with Crippen molar-refractivity contribution in [2.75, 3.05) is 19.0 Å². The number of amidine groups is 1. The summed E-state index contributed by atoms with van der Waals surface area (Å²) in [5.41, 5.74) is 3.71. The zero-order chi connectivity index (χ0) is 24.6. The van der Waals surface area contributed by atoms with Gasteiger partial charge >= 0.3 is 0 Å². The van der Waals surface area contributed by atoms with Crippen LogP contribution in [0, 0.1) is 6.92 Å². The molecule has 0 aromatic heterocycles. The number of nitrogens with one attached hydrogen (secondary N) is 1. The minimum atomic E-state index is -0.551. The maximum atomic E-state index is 13.2. The predicted octanol–water partition coefficient (Wildman–Crippen LogP) is 5.60. The Morgan fingerprint density at radius 2 is 1.86 bits per heavy atom. The van der Waals surface area contributed by atoms with Gasteiger partial charge in [-0.05, 0) is 67.3 Å². The predicted molar refractivity (Wildman–Crippen MR) is 142 cm³/mol. The van der Waals surface area contributed by atoms with Gasteiger partial charge in [0.2, 0.25) is 11.8 Å². The molecule has 0 spiro atoms. The molecule has 1 saturated heterocycles. The van der Waals surface area contributed by atoms with Gasteiger partial charge in [0, 0.05) is 18.7 Å². The molecular formula is C28H29N3O3S. The molecule has 0 radical (unpaired) electrons. The molecule has 0 aliphatic carbocycles. The van der Waals surface area contributed by atoms with Crippen LogP contribution >= 0.6 is 11.8 Å². The summed E-state index contributed by atoms with van der Waals surface area (Å²) in [7, 11) is 1.61. The molecule has 1 atom stereocenters. The fraction of sp³-hybridized carbons (Fsp3) is 0.250. The normalized spacial score (nSPS) is 16.9. The number of aryl methyl sites for hydroxylation is 2. The second kappa shape index (κ2) is 11.7. The molecule has 0 bridgehead atoms. The first-order chi connectivity index (χ1) is 17.0. The van der Waals surface area contributed by atoms with Crippen molar-refractivity contribution in [3.05, 3.63) is 90.0 Å². The second-order valence-electron chi connectivity index (χ2n) is 8.40. The van der Waals surface area contributed by atoms with E-state index in [1.165, 1.54) is 17.3 Å². The first-order valence-corrected chi connectivity index (χ1v) is 12.5. The number of rotatable bonds is 8. The highest BCUT2D eigenvalue weighted by atomic mass is 32.2. The molecule has 1 aliphatic rings. The van der Waals surface area contributed by atoms with Crippen LogP contribution in [0.3, 0.4) is 0 Å². The molecule has 3 aromatic rings. The van der Waals surface area contributed by atoms with E-state index in [0.717, 1.165) is 29.8 Å². The Bertz CT molecular complexity index is 1200. The molecule has 1 unspecified atom stereocenters. The average Bonchev–Trinajstić information content (AvgIpc) is 2.86. The summed E-state index contributed by atoms with van der Waals surface area (Å²) in [4.78, 5) is 32.7. The molecule has 1 aliphatic heterocycles. The summed E-state index contributed by atoms with van der Waals surface area (Å²) in [5.74, 6) is 0.449. The van der Waals surface area contributed by atoms with E-state index in [0.29, 0.717) is 17.4 Å². The molecule has 7 heteroatoms. The maximum Gasteiger partial charge on any atom is 0.238 e. The van der Waals surface area contributed by atoms with E-state index in [4.69, 9.17) is 9.73 Å². The Labute approximate surface area is 210 Å². The number of benzene rings is 3. The monoisotopic (exact) mass is 487 g/mol. The van der Waals surface area contributed by atoms with Gasteiger partial charge in [-0.2, -0.15) is 0 Å². The Morgan fingerprint density at radius 1 is 1.09 bits per heavy atom. The zero-order valence-electron chi connectivity index (χ0n) is 19.9. The van der Waals surface area contributed by atoms with Crippen LogP contribution in [0.1, 0.15) is 24.0 Å². The van der Waals surface area contributed by atoms with Crippen LogP contribution in [0.5, 0.6) is 5.75 Å². The second-order valence-corrected chi connectivity index (χ2v) is 9.57. The van der Waals surface area contributed by atoms with E-state index in [-0.39, 0.29) is 18.2 Å². The SMILES string of the molecule is COc1ccc(N=C2SC(C(=O)Nc3cccc(C)c3)CC(=O)N2CCCc2ccccc2)cc1. The number of amides is 2. The van der Waals surface area contributed by atoms with Crippen LogP contribution in [0.2, 0.25) is 0 Å². The van der Waals surface area contributed by atoms with Crippen LogP contribution in [-0.2, 0) is 16.0 Å². The average molecular weight is 488 g/mol. The van der Waals surface area contributed by atoms with E-state index >= 15 is 0 Å². The van der Waals surface area contributed by atoms with E-state index in [9.17, 15) is 9.59 Å². The van der Waals surface area contributed by atoms with Crippen LogP contribution in [0.15, 0.2) is 83.9 Å². The lowest BCUT2D eigenvalue weighted by atomic mass is 10.1. The van der Waals surface area contributed by atoms with Gasteiger partial charge in [-0.25, -0.2) is 4.99 Å². The van der Waals surface area contributed by atoms with Crippen LogP contribution in [0.25, 0.3) is 0 Å². The molecule has 180 valence electrons. The number of anilines is 1. The van der Waals surface area contributed by atoms with Gasteiger partial charge < -0.3 is 10.1 Å².